The maximum Gasteiger partial charge on any atom is 0.230 e. The maximum absolute atomic E-state index is 12.9. The zero-order valence-corrected chi connectivity index (χ0v) is 16.6. The predicted octanol–water partition coefficient (Wildman–Crippen LogP) is 4.65. The van der Waals surface area contributed by atoms with E-state index in [2.05, 4.69) is 28.4 Å². The van der Waals surface area contributed by atoms with Crippen molar-refractivity contribution in [2.24, 2.45) is 17.8 Å². The molecule has 2 unspecified atom stereocenters. The van der Waals surface area contributed by atoms with Crippen molar-refractivity contribution in [1.29, 1.82) is 0 Å². The summed E-state index contributed by atoms with van der Waals surface area (Å²) in [7, 11) is 0. The first-order valence-electron chi connectivity index (χ1n) is 11.4. The fourth-order valence-corrected chi connectivity index (χ4v) is 5.87. The van der Waals surface area contributed by atoms with Gasteiger partial charge in [0, 0.05) is 18.2 Å². The minimum atomic E-state index is 0.290. The number of carbonyl (C=O) groups excluding carboxylic acids is 1. The third-order valence-corrected chi connectivity index (χ3v) is 7.72. The van der Waals surface area contributed by atoms with Gasteiger partial charge in [-0.3, -0.25) is 4.79 Å². The Balaban J connectivity index is 1.19. The molecule has 0 bridgehead atoms. The van der Waals surface area contributed by atoms with Crippen molar-refractivity contribution in [3.63, 3.8) is 0 Å². The van der Waals surface area contributed by atoms with Crippen LogP contribution in [0.2, 0.25) is 0 Å². The van der Waals surface area contributed by atoms with E-state index in [0.717, 1.165) is 43.6 Å². The van der Waals surface area contributed by atoms with Gasteiger partial charge in [-0.25, -0.2) is 0 Å². The first kappa shape index (κ1) is 17.7. The normalized spacial score (nSPS) is 28.5. The van der Waals surface area contributed by atoms with Crippen LogP contribution in [0.4, 0.5) is 5.69 Å². The van der Waals surface area contributed by atoms with E-state index >= 15 is 0 Å². The number of hydrogen-bond acceptors (Lipinski definition) is 2. The summed E-state index contributed by atoms with van der Waals surface area (Å²) in [5, 5.41) is 3.48. The molecule has 27 heavy (non-hydrogen) atoms. The largest absolute Gasteiger partial charge is 0.317 e. The number of amides is 1. The topological polar surface area (TPSA) is 32.3 Å². The summed E-state index contributed by atoms with van der Waals surface area (Å²) in [6.07, 6.45) is 12.7. The number of carbonyl (C=O) groups is 1. The molecule has 1 N–H and O–H groups in total. The molecule has 2 aliphatic carbocycles. The van der Waals surface area contributed by atoms with E-state index in [4.69, 9.17) is 0 Å². The monoisotopic (exact) mass is 366 g/mol. The molecule has 0 spiro atoms. The quantitative estimate of drug-likeness (QED) is 0.823. The van der Waals surface area contributed by atoms with Gasteiger partial charge in [-0.2, -0.15) is 0 Å². The van der Waals surface area contributed by atoms with Crippen LogP contribution in [-0.4, -0.2) is 25.5 Å². The molecule has 4 aliphatic rings. The highest BCUT2D eigenvalue weighted by Gasteiger charge is 2.39. The Kier molecular flexibility index (Phi) is 4.98. The van der Waals surface area contributed by atoms with Crippen LogP contribution in [0.3, 0.4) is 0 Å². The summed E-state index contributed by atoms with van der Waals surface area (Å²) >= 11 is 0. The van der Waals surface area contributed by atoms with Gasteiger partial charge in [-0.05, 0) is 93.0 Å². The van der Waals surface area contributed by atoms with E-state index < -0.39 is 0 Å². The third-order valence-electron chi connectivity index (χ3n) is 7.72. The SMILES string of the molecule is O=C(C1CCCC1)N1CCc2cc(C3CC3CCC3CCNCC3)ccc21. The Hall–Kier alpha value is -1.35. The Morgan fingerprint density at radius 3 is 2.70 bits per heavy atom. The lowest BCUT2D eigenvalue weighted by Gasteiger charge is -2.22. The van der Waals surface area contributed by atoms with Gasteiger partial charge >= 0.3 is 0 Å². The minimum absolute atomic E-state index is 0.290. The number of fused-ring (bicyclic) bond motifs is 1. The highest BCUT2D eigenvalue weighted by atomic mass is 16.2. The van der Waals surface area contributed by atoms with Crippen molar-refractivity contribution in [2.75, 3.05) is 24.5 Å². The molecule has 1 saturated heterocycles. The average Bonchev–Trinajstić information content (AvgIpc) is 3.09. The summed E-state index contributed by atoms with van der Waals surface area (Å²) in [5.74, 6) is 3.35. The van der Waals surface area contributed by atoms with Crippen LogP contribution in [0.1, 0.15) is 74.8 Å². The Labute approximate surface area is 163 Å². The lowest BCUT2D eigenvalue weighted by molar-refractivity contribution is -0.122. The van der Waals surface area contributed by atoms with Crippen LogP contribution in [0, 0.1) is 17.8 Å². The lowest BCUT2D eigenvalue weighted by Crippen LogP contribution is -2.33. The van der Waals surface area contributed by atoms with Crippen molar-refractivity contribution in [2.45, 2.75) is 70.1 Å². The van der Waals surface area contributed by atoms with Crippen molar-refractivity contribution in [3.8, 4) is 0 Å². The van der Waals surface area contributed by atoms with E-state index in [-0.39, 0.29) is 0 Å². The van der Waals surface area contributed by atoms with E-state index in [1.165, 1.54) is 69.3 Å². The van der Waals surface area contributed by atoms with Crippen molar-refractivity contribution in [1.82, 2.24) is 5.32 Å². The summed E-state index contributed by atoms with van der Waals surface area (Å²) in [6, 6.07) is 7.02. The van der Waals surface area contributed by atoms with E-state index in [1.807, 2.05) is 0 Å². The molecule has 2 saturated carbocycles. The van der Waals surface area contributed by atoms with Gasteiger partial charge in [0.05, 0.1) is 0 Å². The molecule has 2 atom stereocenters. The fraction of sp³-hybridized carbons (Fsp3) is 0.708. The van der Waals surface area contributed by atoms with Crippen molar-refractivity contribution in [3.05, 3.63) is 29.3 Å². The highest BCUT2D eigenvalue weighted by Crippen LogP contribution is 2.51. The van der Waals surface area contributed by atoms with Gasteiger partial charge in [0.25, 0.3) is 0 Å². The molecule has 3 nitrogen and oxygen atoms in total. The van der Waals surface area contributed by atoms with Crippen LogP contribution in [0.5, 0.6) is 0 Å². The number of hydrogen-bond donors (Lipinski definition) is 1. The summed E-state index contributed by atoms with van der Waals surface area (Å²) in [5.41, 5.74) is 4.17. The Bertz CT molecular complexity index is 688. The Morgan fingerprint density at radius 2 is 1.89 bits per heavy atom. The zero-order chi connectivity index (χ0) is 18.2. The second kappa shape index (κ2) is 7.58. The molecule has 2 heterocycles. The number of nitrogens with zero attached hydrogens (tertiary/aromatic N) is 1. The molecule has 2 aliphatic heterocycles. The van der Waals surface area contributed by atoms with Crippen LogP contribution in [0.25, 0.3) is 0 Å². The van der Waals surface area contributed by atoms with Crippen LogP contribution >= 0.6 is 0 Å². The molecule has 1 amide bonds. The first-order valence-corrected chi connectivity index (χ1v) is 11.4. The summed E-state index contributed by atoms with van der Waals surface area (Å²) in [4.78, 5) is 14.9. The highest BCUT2D eigenvalue weighted by molar-refractivity contribution is 5.97. The standard InChI is InChI=1S/C24H34N2O/c27-24(18-3-1-2-4-18)26-14-11-21-15-19(7-8-23(21)26)22-16-20(22)6-5-17-9-12-25-13-10-17/h7-8,15,17-18,20,22,25H,1-6,9-14,16H2. The smallest absolute Gasteiger partial charge is 0.230 e. The van der Waals surface area contributed by atoms with Gasteiger partial charge < -0.3 is 10.2 Å². The van der Waals surface area contributed by atoms with Gasteiger partial charge in [0.1, 0.15) is 0 Å². The number of piperidine rings is 1. The molecule has 3 heteroatoms. The van der Waals surface area contributed by atoms with Crippen molar-refractivity contribution >= 4 is 11.6 Å². The van der Waals surface area contributed by atoms with Crippen molar-refractivity contribution < 1.29 is 4.79 Å². The molecule has 0 radical (unpaired) electrons. The number of rotatable bonds is 5. The van der Waals surface area contributed by atoms with Gasteiger partial charge in [0.2, 0.25) is 5.91 Å². The second-order valence-electron chi connectivity index (χ2n) is 9.48. The maximum atomic E-state index is 12.9. The van der Waals surface area contributed by atoms with E-state index in [1.54, 1.807) is 5.56 Å². The number of benzene rings is 1. The molecular formula is C24H34N2O. The molecule has 146 valence electrons. The van der Waals surface area contributed by atoms with Crippen LogP contribution in [-0.2, 0) is 11.2 Å². The molecular weight excluding hydrogens is 332 g/mol. The number of nitrogens with one attached hydrogen (secondary N) is 1. The zero-order valence-electron chi connectivity index (χ0n) is 16.6. The first-order chi connectivity index (χ1) is 13.3. The van der Waals surface area contributed by atoms with Crippen LogP contribution < -0.4 is 10.2 Å². The molecule has 5 rings (SSSR count). The van der Waals surface area contributed by atoms with Gasteiger partial charge in [0.15, 0.2) is 0 Å². The van der Waals surface area contributed by atoms with E-state index in [9.17, 15) is 4.79 Å². The molecule has 0 aromatic heterocycles. The predicted molar refractivity (Wildman–Crippen MR) is 110 cm³/mol. The molecule has 3 fully saturated rings. The average molecular weight is 367 g/mol. The molecule has 1 aromatic rings. The lowest BCUT2D eigenvalue weighted by atomic mass is 9.91. The summed E-state index contributed by atoms with van der Waals surface area (Å²) in [6.45, 7) is 3.34. The third kappa shape index (κ3) is 3.68. The van der Waals surface area contributed by atoms with E-state index in [0.29, 0.717) is 11.8 Å². The molecule has 1 aromatic carbocycles. The fourth-order valence-electron chi connectivity index (χ4n) is 5.87. The minimum Gasteiger partial charge on any atom is -0.317 e. The summed E-state index contributed by atoms with van der Waals surface area (Å²) < 4.78 is 0. The van der Waals surface area contributed by atoms with Gasteiger partial charge in [-0.1, -0.05) is 31.4 Å². The van der Waals surface area contributed by atoms with Crippen LogP contribution in [0.15, 0.2) is 18.2 Å². The van der Waals surface area contributed by atoms with Gasteiger partial charge in [-0.15, -0.1) is 0 Å². The Morgan fingerprint density at radius 1 is 1.07 bits per heavy atom. The number of anilines is 1. The second-order valence-corrected chi connectivity index (χ2v) is 9.48.